The second-order valence-corrected chi connectivity index (χ2v) is 7.11. The lowest BCUT2D eigenvalue weighted by atomic mass is 9.84. The van der Waals surface area contributed by atoms with Crippen LogP contribution in [0.5, 0.6) is 0 Å². The van der Waals surface area contributed by atoms with Gasteiger partial charge in [0.15, 0.2) is 5.69 Å². The summed E-state index contributed by atoms with van der Waals surface area (Å²) < 4.78 is 39.8. The molecule has 0 saturated carbocycles. The maximum absolute atomic E-state index is 13.3. The van der Waals surface area contributed by atoms with Crippen LogP contribution in [0.2, 0.25) is 0 Å². The lowest BCUT2D eigenvalue weighted by molar-refractivity contribution is -0.0578. The van der Waals surface area contributed by atoms with Crippen molar-refractivity contribution in [1.29, 1.82) is 5.41 Å². The number of nitrogens with one attached hydrogen (secondary N) is 3. The highest BCUT2D eigenvalue weighted by atomic mass is 19.4. The van der Waals surface area contributed by atoms with Crippen LogP contribution in [0.25, 0.3) is 27.4 Å². The summed E-state index contributed by atoms with van der Waals surface area (Å²) in [6.45, 7) is 0. The number of aryl methyl sites for hydroxylation is 1. The van der Waals surface area contributed by atoms with Crippen molar-refractivity contribution >= 4 is 39.0 Å². The molecule has 1 aliphatic rings. The van der Waals surface area contributed by atoms with Gasteiger partial charge in [-0.25, -0.2) is 4.98 Å². The number of nitrogens with two attached hydrogens (primary N) is 1. The van der Waals surface area contributed by atoms with Crippen LogP contribution in [-0.4, -0.2) is 40.0 Å². The van der Waals surface area contributed by atoms with Crippen molar-refractivity contribution < 1.29 is 18.0 Å². The first-order valence-corrected chi connectivity index (χ1v) is 9.41. The summed E-state index contributed by atoms with van der Waals surface area (Å²) in [5, 5.41) is 18.4. The third-order valence-electron chi connectivity index (χ3n) is 5.41. The van der Waals surface area contributed by atoms with Gasteiger partial charge in [0.05, 0.1) is 16.7 Å². The zero-order chi connectivity index (χ0) is 21.6. The van der Waals surface area contributed by atoms with Gasteiger partial charge in [0, 0.05) is 29.6 Å². The summed E-state index contributed by atoms with van der Waals surface area (Å²) in [6.07, 6.45) is -1.27. The molecule has 30 heavy (non-hydrogen) atoms. The Kier molecular flexibility index (Phi) is 4.71. The predicted molar refractivity (Wildman–Crippen MR) is 107 cm³/mol. The minimum atomic E-state index is -4.84. The molecule has 0 fully saturated rings. The first-order chi connectivity index (χ1) is 14.3. The number of nitrogens with zero attached hydrogens (tertiary/aromatic N) is 2. The number of aromatic amines is 1. The zero-order valence-corrected chi connectivity index (χ0v) is 16.1. The molecule has 0 spiro atoms. The zero-order valence-electron chi connectivity index (χ0n) is 16.1. The summed E-state index contributed by atoms with van der Waals surface area (Å²) >= 11 is 0. The van der Waals surface area contributed by atoms with Gasteiger partial charge in [-0.2, -0.15) is 18.3 Å². The molecule has 0 saturated heterocycles. The first kappa shape index (κ1) is 19.9. The Labute approximate surface area is 169 Å². The molecule has 0 unspecified atom stereocenters. The van der Waals surface area contributed by atoms with Crippen LogP contribution in [0, 0.1) is 5.41 Å². The van der Waals surface area contributed by atoms with Crippen molar-refractivity contribution in [3.8, 4) is 0 Å². The smallest absolute Gasteiger partial charge is 0.404 e. The molecule has 10 heteroatoms. The number of allylic oxidation sites excluding steroid dienone is 1. The number of carbonyl (C=O) groups excluding carboxylic acids is 1. The molecular weight excluding hydrogens is 397 g/mol. The summed E-state index contributed by atoms with van der Waals surface area (Å²) in [7, 11) is 1.50. The lowest BCUT2D eigenvalue weighted by Crippen LogP contribution is -2.25. The van der Waals surface area contributed by atoms with Gasteiger partial charge >= 0.3 is 6.18 Å². The molecule has 2 aromatic heterocycles. The van der Waals surface area contributed by atoms with Crippen LogP contribution in [0.15, 0.2) is 18.3 Å². The van der Waals surface area contributed by atoms with E-state index in [0.717, 1.165) is 24.6 Å². The molecule has 1 aromatic carbocycles. The largest absolute Gasteiger partial charge is 0.433 e. The molecule has 0 atom stereocenters. The normalized spacial score (nSPS) is 14.7. The maximum atomic E-state index is 13.3. The topological polar surface area (TPSA) is 121 Å². The number of amides is 1. The van der Waals surface area contributed by atoms with Crippen LogP contribution < -0.4 is 11.1 Å². The highest BCUT2D eigenvalue weighted by molar-refractivity contribution is 6.25. The van der Waals surface area contributed by atoms with E-state index in [9.17, 15) is 18.0 Å². The predicted octanol–water partition coefficient (Wildman–Crippen LogP) is 3.23. The Hall–Kier alpha value is -3.43. The number of halogens is 3. The Balaban J connectivity index is 2.08. The van der Waals surface area contributed by atoms with Crippen LogP contribution in [0.4, 0.5) is 13.2 Å². The molecule has 1 aliphatic carbocycles. The van der Waals surface area contributed by atoms with Crippen molar-refractivity contribution in [3.05, 3.63) is 40.8 Å². The van der Waals surface area contributed by atoms with Crippen molar-refractivity contribution in [2.24, 2.45) is 5.73 Å². The monoisotopic (exact) mass is 416 g/mol. The highest BCUT2D eigenvalue weighted by Crippen LogP contribution is 2.38. The lowest BCUT2D eigenvalue weighted by Gasteiger charge is -2.23. The summed E-state index contributed by atoms with van der Waals surface area (Å²) in [4.78, 5) is 16.8. The average Bonchev–Trinajstić information content (AvgIpc) is 3.17. The number of fused-ring (bicyclic) bond motifs is 5. The molecule has 1 amide bonds. The van der Waals surface area contributed by atoms with E-state index in [4.69, 9.17) is 11.1 Å². The molecule has 0 aliphatic heterocycles. The number of carbonyl (C=O) groups is 1. The minimum Gasteiger partial charge on any atom is -0.404 e. The molecule has 5 N–H and O–H groups in total. The Morgan fingerprint density at radius 1 is 1.20 bits per heavy atom. The van der Waals surface area contributed by atoms with Crippen molar-refractivity contribution in [2.45, 2.75) is 31.9 Å². The third kappa shape index (κ3) is 2.99. The van der Waals surface area contributed by atoms with Gasteiger partial charge in [-0.3, -0.25) is 15.3 Å². The van der Waals surface area contributed by atoms with E-state index in [0.29, 0.717) is 40.2 Å². The highest BCUT2D eigenvalue weighted by Gasteiger charge is 2.38. The molecular formula is C20H19F3N6O. The molecule has 7 nitrogen and oxygen atoms in total. The van der Waals surface area contributed by atoms with Crippen molar-refractivity contribution in [1.82, 2.24) is 20.5 Å². The van der Waals surface area contributed by atoms with Crippen molar-refractivity contribution in [3.63, 3.8) is 0 Å². The molecule has 3 aromatic rings. The molecule has 2 heterocycles. The number of pyridine rings is 1. The van der Waals surface area contributed by atoms with Gasteiger partial charge in [0.2, 0.25) is 0 Å². The molecule has 0 bridgehead atoms. The van der Waals surface area contributed by atoms with Crippen molar-refractivity contribution in [2.75, 3.05) is 7.05 Å². The molecule has 0 radical (unpaired) electrons. The quantitative estimate of drug-likeness (QED) is 0.490. The summed E-state index contributed by atoms with van der Waals surface area (Å²) in [6, 6.07) is 3.36. The number of benzene rings is 1. The fraction of sp³-hybridized carbons (Fsp3) is 0.300. The van der Waals surface area contributed by atoms with Gasteiger partial charge in [-0.05, 0) is 48.9 Å². The number of hydrogen-bond donors (Lipinski definition) is 4. The Morgan fingerprint density at radius 3 is 2.53 bits per heavy atom. The minimum absolute atomic E-state index is 0.0753. The van der Waals surface area contributed by atoms with Gasteiger partial charge in [0.1, 0.15) is 5.71 Å². The number of rotatable bonds is 3. The second-order valence-electron chi connectivity index (χ2n) is 7.11. The van der Waals surface area contributed by atoms with E-state index in [-0.39, 0.29) is 17.3 Å². The Bertz CT molecular complexity index is 1220. The van der Waals surface area contributed by atoms with E-state index in [2.05, 4.69) is 20.5 Å². The molecule has 4 rings (SSSR count). The van der Waals surface area contributed by atoms with E-state index in [1.807, 2.05) is 0 Å². The fourth-order valence-electron chi connectivity index (χ4n) is 4.07. The van der Waals surface area contributed by atoms with Crippen LogP contribution in [0.3, 0.4) is 0 Å². The number of aromatic nitrogens is 3. The first-order valence-electron chi connectivity index (χ1n) is 9.41. The van der Waals surface area contributed by atoms with Crippen LogP contribution in [-0.2, 0) is 12.8 Å². The van der Waals surface area contributed by atoms with Crippen LogP contribution >= 0.6 is 0 Å². The number of H-pyrrole nitrogens is 1. The SMILES string of the molecule is CNC(=O)c1n[nH]c2ccc3nc(/C(=C/N)C(=N)C(F)(F)F)c4c(c3c12)CCCC4. The Morgan fingerprint density at radius 2 is 1.90 bits per heavy atom. The van der Waals surface area contributed by atoms with Gasteiger partial charge in [-0.1, -0.05) is 0 Å². The third-order valence-corrected chi connectivity index (χ3v) is 5.41. The van der Waals surface area contributed by atoms with Crippen LogP contribution in [0.1, 0.15) is 40.2 Å². The van der Waals surface area contributed by atoms with E-state index in [1.165, 1.54) is 7.05 Å². The second kappa shape index (κ2) is 7.12. The summed E-state index contributed by atoms with van der Waals surface area (Å²) in [5.41, 5.74) is 6.37. The van der Waals surface area contributed by atoms with E-state index >= 15 is 0 Å². The number of hydrogen-bond acceptors (Lipinski definition) is 5. The van der Waals surface area contributed by atoms with E-state index < -0.39 is 17.5 Å². The van der Waals surface area contributed by atoms with Gasteiger partial charge in [-0.15, -0.1) is 0 Å². The van der Waals surface area contributed by atoms with Gasteiger partial charge in [0.25, 0.3) is 5.91 Å². The fourth-order valence-corrected chi connectivity index (χ4v) is 4.07. The molecule has 156 valence electrons. The summed E-state index contributed by atoms with van der Waals surface area (Å²) in [5.74, 6) is -0.372. The maximum Gasteiger partial charge on any atom is 0.433 e. The van der Waals surface area contributed by atoms with E-state index in [1.54, 1.807) is 12.1 Å². The average molecular weight is 416 g/mol. The van der Waals surface area contributed by atoms with Gasteiger partial charge < -0.3 is 11.1 Å². The standard InChI is InChI=1S/C20H19F3N6O/c1-26-19(30)17-15-13(28-29-17)7-6-12-14(15)9-4-2-3-5-10(9)16(27-12)11(8-24)18(25)20(21,22)23/h6-8,25H,2-5,24H2,1H3,(H,26,30)(H,28,29)/b11-8-,25-18?. The number of alkyl halides is 3.